The van der Waals surface area contributed by atoms with E-state index in [0.29, 0.717) is 28.7 Å². The number of fused-ring (bicyclic) bond motifs is 1. The Morgan fingerprint density at radius 1 is 0.912 bits per heavy atom. The van der Waals surface area contributed by atoms with E-state index < -0.39 is 0 Å². The molecule has 0 spiro atoms. The number of hydrogen-bond donors (Lipinski definition) is 1. The maximum atomic E-state index is 12.6. The van der Waals surface area contributed by atoms with Crippen molar-refractivity contribution in [1.29, 1.82) is 0 Å². The second-order valence-corrected chi connectivity index (χ2v) is 7.76. The molecule has 34 heavy (non-hydrogen) atoms. The number of hydrogen-bond acceptors (Lipinski definition) is 7. The normalized spacial score (nSPS) is 10.9. The Balaban J connectivity index is 1.25. The van der Waals surface area contributed by atoms with E-state index in [4.69, 9.17) is 4.74 Å². The zero-order valence-electron chi connectivity index (χ0n) is 18.9. The summed E-state index contributed by atoms with van der Waals surface area (Å²) in [5.41, 5.74) is 5.36. The molecule has 9 heteroatoms. The van der Waals surface area contributed by atoms with Gasteiger partial charge in [-0.1, -0.05) is 12.1 Å². The number of para-hydroxylation sites is 2. The standard InChI is InChI=1S/C25H21N7O2/c1-15-16(2)31-32(17(15)3)23-12-13-24(30-29-23)34-19-10-8-18(9-11-19)27-25(33)22-14-26-20-6-4-5-7-21(20)28-22/h4-14H,1-3H3,(H,27,33). The Morgan fingerprint density at radius 3 is 2.35 bits per heavy atom. The van der Waals surface area contributed by atoms with Gasteiger partial charge >= 0.3 is 0 Å². The van der Waals surface area contributed by atoms with Crippen molar-refractivity contribution in [3.05, 3.63) is 89.5 Å². The average Bonchev–Trinajstić information content (AvgIpc) is 3.12. The van der Waals surface area contributed by atoms with Crippen LogP contribution in [0, 0.1) is 20.8 Å². The van der Waals surface area contributed by atoms with Crippen LogP contribution in [0.2, 0.25) is 0 Å². The SMILES string of the molecule is Cc1nn(-c2ccc(Oc3ccc(NC(=O)c4cnc5ccccc5n4)cc3)nn2)c(C)c1C. The van der Waals surface area contributed by atoms with Gasteiger partial charge in [-0.15, -0.1) is 10.2 Å². The van der Waals surface area contributed by atoms with Crippen molar-refractivity contribution in [2.45, 2.75) is 20.8 Å². The third-order valence-electron chi connectivity index (χ3n) is 5.51. The molecule has 2 aromatic carbocycles. The van der Waals surface area contributed by atoms with Gasteiger partial charge in [0, 0.05) is 17.4 Å². The number of aromatic nitrogens is 6. The molecule has 0 aliphatic heterocycles. The second-order valence-electron chi connectivity index (χ2n) is 7.76. The molecule has 1 N–H and O–H groups in total. The lowest BCUT2D eigenvalue weighted by molar-refractivity contribution is 0.102. The highest BCUT2D eigenvalue weighted by Crippen LogP contribution is 2.22. The molecule has 0 fully saturated rings. The first-order valence-electron chi connectivity index (χ1n) is 10.7. The summed E-state index contributed by atoms with van der Waals surface area (Å²) in [4.78, 5) is 21.2. The highest BCUT2D eigenvalue weighted by atomic mass is 16.5. The second kappa shape index (κ2) is 8.70. The van der Waals surface area contributed by atoms with Crippen molar-refractivity contribution in [2.75, 3.05) is 5.32 Å². The lowest BCUT2D eigenvalue weighted by Crippen LogP contribution is -2.14. The van der Waals surface area contributed by atoms with Crippen LogP contribution in [0.25, 0.3) is 16.9 Å². The Hall–Kier alpha value is -4.66. The third kappa shape index (κ3) is 4.18. The van der Waals surface area contributed by atoms with Gasteiger partial charge in [-0.3, -0.25) is 9.78 Å². The van der Waals surface area contributed by atoms with Crippen LogP contribution in [0.5, 0.6) is 11.6 Å². The summed E-state index contributed by atoms with van der Waals surface area (Å²) < 4.78 is 7.55. The predicted molar refractivity (Wildman–Crippen MR) is 127 cm³/mol. The van der Waals surface area contributed by atoms with Crippen molar-refractivity contribution in [2.24, 2.45) is 0 Å². The minimum Gasteiger partial charge on any atom is -0.438 e. The number of amides is 1. The number of ether oxygens (including phenoxy) is 1. The lowest BCUT2D eigenvalue weighted by Gasteiger charge is -2.08. The molecule has 0 aliphatic rings. The van der Waals surface area contributed by atoms with Crippen molar-refractivity contribution in [3.8, 4) is 17.4 Å². The van der Waals surface area contributed by atoms with Crippen LogP contribution in [0.4, 0.5) is 5.69 Å². The molecule has 0 unspecified atom stereocenters. The summed E-state index contributed by atoms with van der Waals surface area (Å²) in [5, 5.41) is 15.7. The minimum atomic E-state index is -0.340. The number of carbonyl (C=O) groups is 1. The average molecular weight is 451 g/mol. The fourth-order valence-electron chi connectivity index (χ4n) is 3.41. The quantitative estimate of drug-likeness (QED) is 0.417. The van der Waals surface area contributed by atoms with Crippen LogP contribution in [0.3, 0.4) is 0 Å². The number of benzene rings is 2. The largest absolute Gasteiger partial charge is 0.438 e. The Labute approximate surface area is 195 Å². The molecule has 0 aliphatic carbocycles. The Bertz CT molecular complexity index is 1490. The topological polar surface area (TPSA) is 108 Å². The zero-order valence-corrected chi connectivity index (χ0v) is 18.9. The van der Waals surface area contributed by atoms with Crippen LogP contribution in [0.15, 0.2) is 66.9 Å². The summed E-state index contributed by atoms with van der Waals surface area (Å²) in [6, 6.07) is 17.9. The third-order valence-corrected chi connectivity index (χ3v) is 5.51. The number of anilines is 1. The smallest absolute Gasteiger partial charge is 0.275 e. The van der Waals surface area contributed by atoms with E-state index in [1.165, 1.54) is 6.20 Å². The van der Waals surface area contributed by atoms with Crippen molar-refractivity contribution in [3.63, 3.8) is 0 Å². The number of nitrogens with zero attached hydrogens (tertiary/aromatic N) is 6. The molecule has 0 atom stereocenters. The van der Waals surface area contributed by atoms with Gasteiger partial charge in [0.15, 0.2) is 5.82 Å². The molecule has 0 bridgehead atoms. The van der Waals surface area contributed by atoms with E-state index in [2.05, 4.69) is 30.6 Å². The first kappa shape index (κ1) is 21.2. The zero-order chi connectivity index (χ0) is 23.7. The fourth-order valence-corrected chi connectivity index (χ4v) is 3.41. The fraction of sp³-hybridized carbons (Fsp3) is 0.120. The first-order chi connectivity index (χ1) is 16.5. The molecule has 5 rings (SSSR count). The molecule has 1 amide bonds. The van der Waals surface area contributed by atoms with Crippen LogP contribution >= 0.6 is 0 Å². The van der Waals surface area contributed by atoms with Crippen molar-refractivity contribution in [1.82, 2.24) is 29.9 Å². The molecular formula is C25H21N7O2. The van der Waals surface area contributed by atoms with Crippen LogP contribution in [-0.2, 0) is 0 Å². The number of nitrogens with one attached hydrogen (secondary N) is 1. The predicted octanol–water partition coefficient (Wildman–Crippen LogP) is 4.58. The van der Waals surface area contributed by atoms with Gasteiger partial charge in [0.25, 0.3) is 5.91 Å². The van der Waals surface area contributed by atoms with Gasteiger partial charge in [0.1, 0.15) is 11.4 Å². The van der Waals surface area contributed by atoms with E-state index in [1.807, 2.05) is 45.0 Å². The molecule has 5 aromatic rings. The first-order valence-corrected chi connectivity index (χ1v) is 10.7. The van der Waals surface area contributed by atoms with Gasteiger partial charge in [-0.25, -0.2) is 9.67 Å². The summed E-state index contributed by atoms with van der Waals surface area (Å²) in [7, 11) is 0. The Kier molecular flexibility index (Phi) is 5.43. The van der Waals surface area contributed by atoms with Crippen molar-refractivity contribution >= 4 is 22.6 Å². The summed E-state index contributed by atoms with van der Waals surface area (Å²) >= 11 is 0. The van der Waals surface area contributed by atoms with Gasteiger partial charge in [-0.2, -0.15) is 5.10 Å². The maximum absolute atomic E-state index is 12.6. The number of aryl methyl sites for hydroxylation is 1. The molecular weight excluding hydrogens is 430 g/mol. The maximum Gasteiger partial charge on any atom is 0.275 e. The monoisotopic (exact) mass is 451 g/mol. The molecule has 3 heterocycles. The molecule has 9 nitrogen and oxygen atoms in total. The number of rotatable bonds is 5. The van der Waals surface area contributed by atoms with E-state index in [9.17, 15) is 4.79 Å². The van der Waals surface area contributed by atoms with E-state index in [1.54, 1.807) is 41.1 Å². The molecule has 0 saturated carbocycles. The van der Waals surface area contributed by atoms with Gasteiger partial charge in [0.05, 0.1) is 22.9 Å². The number of carbonyl (C=O) groups excluding carboxylic acids is 1. The van der Waals surface area contributed by atoms with Crippen LogP contribution in [0.1, 0.15) is 27.4 Å². The van der Waals surface area contributed by atoms with Gasteiger partial charge < -0.3 is 10.1 Å². The highest BCUT2D eigenvalue weighted by molar-refractivity contribution is 6.03. The minimum absolute atomic E-state index is 0.243. The van der Waals surface area contributed by atoms with Crippen LogP contribution < -0.4 is 10.1 Å². The van der Waals surface area contributed by atoms with E-state index in [-0.39, 0.29) is 11.6 Å². The van der Waals surface area contributed by atoms with E-state index in [0.717, 1.165) is 22.5 Å². The van der Waals surface area contributed by atoms with Crippen LogP contribution in [-0.4, -0.2) is 35.9 Å². The summed E-state index contributed by atoms with van der Waals surface area (Å²) in [6.07, 6.45) is 1.46. The molecule has 0 radical (unpaired) electrons. The Morgan fingerprint density at radius 2 is 1.68 bits per heavy atom. The molecule has 168 valence electrons. The summed E-state index contributed by atoms with van der Waals surface area (Å²) in [6.45, 7) is 5.99. The molecule has 0 saturated heterocycles. The van der Waals surface area contributed by atoms with Gasteiger partial charge in [0.2, 0.25) is 5.88 Å². The summed E-state index contributed by atoms with van der Waals surface area (Å²) in [5.74, 6) is 1.20. The lowest BCUT2D eigenvalue weighted by atomic mass is 10.2. The highest BCUT2D eigenvalue weighted by Gasteiger charge is 2.12. The van der Waals surface area contributed by atoms with Crippen molar-refractivity contribution < 1.29 is 9.53 Å². The molecule has 3 aromatic heterocycles. The van der Waals surface area contributed by atoms with E-state index >= 15 is 0 Å². The van der Waals surface area contributed by atoms with Gasteiger partial charge in [-0.05, 0) is 68.8 Å².